The van der Waals surface area contributed by atoms with Gasteiger partial charge in [-0.2, -0.15) is 0 Å². The quantitative estimate of drug-likeness (QED) is 0.596. The summed E-state index contributed by atoms with van der Waals surface area (Å²) < 4.78 is 0. The number of hydrogen-bond donors (Lipinski definition) is 0. The van der Waals surface area contributed by atoms with Crippen molar-refractivity contribution in [3.8, 4) is 0 Å². The van der Waals surface area contributed by atoms with Crippen molar-refractivity contribution >= 4 is 0 Å². The van der Waals surface area contributed by atoms with Gasteiger partial charge in [-0.3, -0.25) is 0 Å². The molecule has 1 aliphatic carbocycles. The maximum absolute atomic E-state index is 2.45. The van der Waals surface area contributed by atoms with E-state index >= 15 is 0 Å². The van der Waals surface area contributed by atoms with Crippen molar-refractivity contribution in [1.29, 1.82) is 0 Å². The molecule has 0 unspecified atom stereocenters. The molecule has 1 aliphatic rings. The Labute approximate surface area is 131 Å². The molecule has 0 aromatic heterocycles. The maximum atomic E-state index is 2.45. The molecule has 1 aromatic carbocycles. The third-order valence-corrected chi connectivity index (χ3v) is 4.90. The lowest BCUT2D eigenvalue weighted by atomic mass is 9.74. The van der Waals surface area contributed by atoms with Crippen LogP contribution in [0.15, 0.2) is 41.5 Å². The van der Waals surface area contributed by atoms with Crippen LogP contribution in [0.3, 0.4) is 0 Å². The molecule has 0 atom stereocenters. The van der Waals surface area contributed by atoms with Crippen LogP contribution in [0.1, 0.15) is 70.1 Å². The van der Waals surface area contributed by atoms with E-state index in [-0.39, 0.29) is 5.41 Å². The Hall–Kier alpha value is -1.30. The van der Waals surface area contributed by atoms with Crippen molar-refractivity contribution in [2.75, 3.05) is 0 Å². The van der Waals surface area contributed by atoms with Gasteiger partial charge in [-0.05, 0) is 61.8 Å². The molecule has 0 spiro atoms. The van der Waals surface area contributed by atoms with Crippen molar-refractivity contribution in [2.24, 2.45) is 0 Å². The molecule has 0 heteroatoms. The van der Waals surface area contributed by atoms with Gasteiger partial charge in [-0.25, -0.2) is 0 Å². The molecule has 0 bridgehead atoms. The van der Waals surface area contributed by atoms with Crippen LogP contribution in [-0.2, 0) is 11.8 Å². The molecule has 114 valence electrons. The zero-order valence-electron chi connectivity index (χ0n) is 14.4. The summed E-state index contributed by atoms with van der Waals surface area (Å²) in [6.45, 7) is 11.5. The fraction of sp³-hybridized carbons (Fsp3) is 0.524. The molecule has 1 aromatic rings. The number of benzene rings is 1. The Morgan fingerprint density at radius 1 is 1.14 bits per heavy atom. The van der Waals surface area contributed by atoms with E-state index in [1.807, 2.05) is 0 Å². The molecule has 0 saturated heterocycles. The first-order chi connectivity index (χ1) is 9.95. The van der Waals surface area contributed by atoms with Crippen LogP contribution < -0.4 is 0 Å². The van der Waals surface area contributed by atoms with E-state index in [0.717, 1.165) is 0 Å². The second-order valence-corrected chi connectivity index (χ2v) is 7.06. The SMILES string of the molecule is CCCCc1cc(C(C)(C)C2=CCCC(C)=C2)ccc1C. The van der Waals surface area contributed by atoms with Crippen LogP contribution in [0.25, 0.3) is 0 Å². The third-order valence-electron chi connectivity index (χ3n) is 4.90. The van der Waals surface area contributed by atoms with Crippen LogP contribution >= 0.6 is 0 Å². The second kappa shape index (κ2) is 6.64. The molecule has 0 fully saturated rings. The lowest BCUT2D eigenvalue weighted by molar-refractivity contribution is 0.626. The molecule has 0 radical (unpaired) electrons. The summed E-state index contributed by atoms with van der Waals surface area (Å²) in [6.07, 6.45) is 11.0. The van der Waals surface area contributed by atoms with E-state index in [1.165, 1.54) is 59.9 Å². The Balaban J connectivity index is 2.33. The van der Waals surface area contributed by atoms with E-state index < -0.39 is 0 Å². The van der Waals surface area contributed by atoms with Crippen molar-refractivity contribution < 1.29 is 0 Å². The lowest BCUT2D eigenvalue weighted by Gasteiger charge is -2.30. The number of aryl methyl sites for hydroxylation is 2. The topological polar surface area (TPSA) is 0 Å². The van der Waals surface area contributed by atoms with Crippen molar-refractivity contribution in [1.82, 2.24) is 0 Å². The molecule has 0 aliphatic heterocycles. The van der Waals surface area contributed by atoms with Gasteiger partial charge in [0.2, 0.25) is 0 Å². The lowest BCUT2D eigenvalue weighted by Crippen LogP contribution is -2.21. The summed E-state index contributed by atoms with van der Waals surface area (Å²) in [7, 11) is 0. The number of rotatable bonds is 5. The Morgan fingerprint density at radius 2 is 1.90 bits per heavy atom. The standard InChI is InChI=1S/C21H30/c1-6-7-10-18-15-20(13-12-17(18)3)21(4,5)19-11-8-9-16(2)14-19/h11-15H,6-10H2,1-5H3. The monoisotopic (exact) mass is 282 g/mol. The molecule has 21 heavy (non-hydrogen) atoms. The third kappa shape index (κ3) is 3.67. The molecule has 0 saturated carbocycles. The van der Waals surface area contributed by atoms with Crippen LogP contribution in [0.2, 0.25) is 0 Å². The average molecular weight is 282 g/mol. The molecular weight excluding hydrogens is 252 g/mol. The molecule has 2 rings (SSSR count). The molecule has 0 heterocycles. The zero-order valence-corrected chi connectivity index (χ0v) is 14.4. The molecule has 0 N–H and O–H groups in total. The van der Waals surface area contributed by atoms with Gasteiger partial charge in [0.1, 0.15) is 0 Å². The summed E-state index contributed by atoms with van der Waals surface area (Å²) in [5.41, 5.74) is 7.52. The summed E-state index contributed by atoms with van der Waals surface area (Å²) >= 11 is 0. The Kier molecular flexibility index (Phi) is 5.08. The number of unbranched alkanes of at least 4 members (excludes halogenated alkanes) is 1. The highest BCUT2D eigenvalue weighted by molar-refractivity contribution is 5.45. The van der Waals surface area contributed by atoms with E-state index in [0.29, 0.717) is 0 Å². The number of hydrogen-bond acceptors (Lipinski definition) is 0. The van der Waals surface area contributed by atoms with Gasteiger partial charge >= 0.3 is 0 Å². The minimum absolute atomic E-state index is 0.107. The van der Waals surface area contributed by atoms with Gasteiger partial charge in [-0.15, -0.1) is 0 Å². The van der Waals surface area contributed by atoms with Crippen LogP contribution in [0.4, 0.5) is 0 Å². The van der Waals surface area contributed by atoms with Gasteiger partial charge in [0.25, 0.3) is 0 Å². The van der Waals surface area contributed by atoms with Gasteiger partial charge in [0, 0.05) is 5.41 Å². The minimum atomic E-state index is 0.107. The Morgan fingerprint density at radius 3 is 2.57 bits per heavy atom. The fourth-order valence-electron chi connectivity index (χ4n) is 3.15. The van der Waals surface area contributed by atoms with Crippen molar-refractivity contribution in [3.05, 3.63) is 58.2 Å². The first kappa shape index (κ1) is 16.1. The largest absolute Gasteiger partial charge is 0.0801 e. The van der Waals surface area contributed by atoms with Gasteiger partial charge in [-0.1, -0.05) is 63.1 Å². The van der Waals surface area contributed by atoms with Crippen LogP contribution in [0, 0.1) is 6.92 Å². The van der Waals surface area contributed by atoms with Crippen LogP contribution in [-0.4, -0.2) is 0 Å². The summed E-state index contributed by atoms with van der Waals surface area (Å²) in [5, 5.41) is 0. The smallest absolute Gasteiger partial charge is 0.0143 e. The first-order valence-corrected chi connectivity index (χ1v) is 8.43. The van der Waals surface area contributed by atoms with E-state index in [2.05, 4.69) is 65.0 Å². The van der Waals surface area contributed by atoms with Crippen molar-refractivity contribution in [3.63, 3.8) is 0 Å². The fourth-order valence-corrected chi connectivity index (χ4v) is 3.15. The summed E-state index contributed by atoms with van der Waals surface area (Å²) in [5.74, 6) is 0. The minimum Gasteiger partial charge on any atom is -0.0801 e. The highest BCUT2D eigenvalue weighted by Crippen LogP contribution is 2.36. The van der Waals surface area contributed by atoms with Crippen molar-refractivity contribution in [2.45, 2.75) is 72.1 Å². The summed E-state index contributed by atoms with van der Waals surface area (Å²) in [4.78, 5) is 0. The highest BCUT2D eigenvalue weighted by atomic mass is 14.3. The van der Waals surface area contributed by atoms with E-state index in [1.54, 1.807) is 0 Å². The predicted molar refractivity (Wildman–Crippen MR) is 93.9 cm³/mol. The zero-order chi connectivity index (χ0) is 15.5. The Bertz CT molecular complexity index is 555. The van der Waals surface area contributed by atoms with E-state index in [4.69, 9.17) is 0 Å². The van der Waals surface area contributed by atoms with Gasteiger partial charge < -0.3 is 0 Å². The van der Waals surface area contributed by atoms with Crippen LogP contribution in [0.5, 0.6) is 0 Å². The van der Waals surface area contributed by atoms with Gasteiger partial charge in [0.15, 0.2) is 0 Å². The normalized spacial score (nSPS) is 15.7. The molecule has 0 amide bonds. The maximum Gasteiger partial charge on any atom is 0.0143 e. The highest BCUT2D eigenvalue weighted by Gasteiger charge is 2.25. The first-order valence-electron chi connectivity index (χ1n) is 8.43. The predicted octanol–water partition coefficient (Wildman–Crippen LogP) is 6.28. The number of allylic oxidation sites excluding steroid dienone is 4. The second-order valence-electron chi connectivity index (χ2n) is 7.06. The molecular formula is C21H30. The molecule has 0 nitrogen and oxygen atoms in total. The average Bonchev–Trinajstić information content (AvgIpc) is 2.46. The van der Waals surface area contributed by atoms with E-state index in [9.17, 15) is 0 Å². The summed E-state index contributed by atoms with van der Waals surface area (Å²) in [6, 6.07) is 7.08. The van der Waals surface area contributed by atoms with Gasteiger partial charge in [0.05, 0.1) is 0 Å².